The Labute approximate surface area is 91.6 Å². The number of aliphatic hydroxyl groups is 1. The van der Waals surface area contributed by atoms with Gasteiger partial charge in [0.25, 0.3) is 0 Å². The largest absolute Gasteiger partial charge is 0.395 e. The first-order chi connectivity index (χ1) is 6.85. The average molecular weight is 221 g/mol. The Morgan fingerprint density at radius 3 is 2.79 bits per heavy atom. The Bertz CT molecular complexity index is 114. The van der Waals surface area contributed by atoms with E-state index in [1.807, 2.05) is 11.8 Å². The van der Waals surface area contributed by atoms with Gasteiger partial charge in [-0.25, -0.2) is 0 Å². The van der Waals surface area contributed by atoms with E-state index in [2.05, 4.69) is 12.2 Å². The lowest BCUT2D eigenvalue weighted by Gasteiger charge is -2.15. The molecule has 1 unspecified atom stereocenters. The zero-order valence-corrected chi connectivity index (χ0v) is 10.1. The fourth-order valence-electron chi connectivity index (χ4n) is 1.08. The van der Waals surface area contributed by atoms with Crippen LogP contribution in [0, 0.1) is 0 Å². The third kappa shape index (κ3) is 8.81. The average Bonchev–Trinajstić information content (AvgIpc) is 2.22. The zero-order chi connectivity index (χ0) is 10.6. The summed E-state index contributed by atoms with van der Waals surface area (Å²) in [4.78, 5) is 0. The highest BCUT2D eigenvalue weighted by molar-refractivity contribution is 7.99. The molecular weight excluding hydrogens is 198 g/mol. The van der Waals surface area contributed by atoms with E-state index in [0.717, 1.165) is 37.5 Å². The monoisotopic (exact) mass is 221 g/mol. The molecule has 0 aromatic rings. The van der Waals surface area contributed by atoms with Crippen LogP contribution in [0.25, 0.3) is 0 Å². The van der Waals surface area contributed by atoms with Gasteiger partial charge >= 0.3 is 0 Å². The Kier molecular flexibility index (Phi) is 11.5. The quantitative estimate of drug-likeness (QED) is 0.542. The van der Waals surface area contributed by atoms with Crippen LogP contribution in [0.3, 0.4) is 0 Å². The van der Waals surface area contributed by atoms with E-state index in [0.29, 0.717) is 0 Å². The number of aliphatic hydroxyl groups excluding tert-OH is 1. The van der Waals surface area contributed by atoms with E-state index in [-0.39, 0.29) is 12.6 Å². The number of hydrogen-bond acceptors (Lipinski definition) is 4. The maximum Gasteiger partial charge on any atom is 0.0584 e. The van der Waals surface area contributed by atoms with Gasteiger partial charge in [0, 0.05) is 18.9 Å². The van der Waals surface area contributed by atoms with E-state index in [1.54, 1.807) is 7.11 Å². The highest BCUT2D eigenvalue weighted by atomic mass is 32.2. The van der Waals surface area contributed by atoms with Gasteiger partial charge in [-0.1, -0.05) is 6.92 Å². The smallest absolute Gasteiger partial charge is 0.0584 e. The summed E-state index contributed by atoms with van der Waals surface area (Å²) in [7, 11) is 1.72. The second-order valence-electron chi connectivity index (χ2n) is 3.23. The molecule has 3 nitrogen and oxygen atoms in total. The summed E-state index contributed by atoms with van der Waals surface area (Å²) >= 11 is 1.88. The van der Waals surface area contributed by atoms with E-state index in [4.69, 9.17) is 9.84 Å². The molecule has 0 rings (SSSR count). The molecule has 0 aromatic carbocycles. The molecule has 4 heteroatoms. The van der Waals surface area contributed by atoms with Crippen molar-refractivity contribution in [1.29, 1.82) is 0 Å². The molecule has 0 aliphatic carbocycles. The van der Waals surface area contributed by atoms with Gasteiger partial charge in [0.15, 0.2) is 0 Å². The Morgan fingerprint density at radius 2 is 2.21 bits per heavy atom. The third-order valence-corrected chi connectivity index (χ3v) is 2.93. The topological polar surface area (TPSA) is 41.5 Å². The van der Waals surface area contributed by atoms with Crippen LogP contribution < -0.4 is 5.32 Å². The minimum absolute atomic E-state index is 0.241. The van der Waals surface area contributed by atoms with Crippen LogP contribution in [-0.2, 0) is 4.74 Å². The van der Waals surface area contributed by atoms with Gasteiger partial charge in [0.05, 0.1) is 13.2 Å². The molecule has 0 amide bonds. The molecule has 0 spiro atoms. The molecule has 0 bridgehead atoms. The maximum atomic E-state index is 9.06. The van der Waals surface area contributed by atoms with Crippen molar-refractivity contribution in [2.45, 2.75) is 25.8 Å². The summed E-state index contributed by atoms with van der Waals surface area (Å²) < 4.78 is 4.95. The van der Waals surface area contributed by atoms with Crippen LogP contribution >= 0.6 is 11.8 Å². The zero-order valence-electron chi connectivity index (χ0n) is 9.29. The van der Waals surface area contributed by atoms with E-state index < -0.39 is 0 Å². The Balaban J connectivity index is 3.24. The van der Waals surface area contributed by atoms with Gasteiger partial charge in [-0.15, -0.1) is 0 Å². The normalized spacial score (nSPS) is 13.1. The number of methoxy groups -OCH3 is 1. The van der Waals surface area contributed by atoms with Gasteiger partial charge in [-0.05, 0) is 25.1 Å². The summed E-state index contributed by atoms with van der Waals surface area (Å²) in [6.45, 7) is 4.18. The van der Waals surface area contributed by atoms with Crippen molar-refractivity contribution < 1.29 is 9.84 Å². The molecule has 86 valence electrons. The van der Waals surface area contributed by atoms with Gasteiger partial charge in [-0.2, -0.15) is 11.8 Å². The minimum Gasteiger partial charge on any atom is -0.395 e. The van der Waals surface area contributed by atoms with Crippen molar-refractivity contribution in [3.8, 4) is 0 Å². The number of hydrogen-bond donors (Lipinski definition) is 2. The lowest BCUT2D eigenvalue weighted by Crippen LogP contribution is -2.33. The molecule has 0 saturated carbocycles. The van der Waals surface area contributed by atoms with Crippen molar-refractivity contribution in [2.24, 2.45) is 0 Å². The van der Waals surface area contributed by atoms with E-state index >= 15 is 0 Å². The summed E-state index contributed by atoms with van der Waals surface area (Å²) in [5.41, 5.74) is 0. The molecule has 2 N–H and O–H groups in total. The molecule has 0 heterocycles. The number of nitrogens with one attached hydrogen (secondary N) is 1. The fourth-order valence-corrected chi connectivity index (χ4v) is 2.02. The van der Waals surface area contributed by atoms with E-state index in [1.165, 1.54) is 0 Å². The number of rotatable bonds is 10. The van der Waals surface area contributed by atoms with Crippen molar-refractivity contribution in [1.82, 2.24) is 5.32 Å². The first-order valence-corrected chi connectivity index (χ1v) is 6.41. The van der Waals surface area contributed by atoms with Gasteiger partial charge in [-0.3, -0.25) is 0 Å². The lowest BCUT2D eigenvalue weighted by molar-refractivity contribution is 0.218. The van der Waals surface area contributed by atoms with Crippen molar-refractivity contribution in [2.75, 3.05) is 38.4 Å². The molecule has 1 atom stereocenters. The minimum atomic E-state index is 0.241. The van der Waals surface area contributed by atoms with Crippen LogP contribution in [0.1, 0.15) is 19.8 Å². The van der Waals surface area contributed by atoms with Crippen molar-refractivity contribution in [3.63, 3.8) is 0 Å². The third-order valence-electron chi connectivity index (χ3n) is 1.95. The molecule has 0 radical (unpaired) electrons. The van der Waals surface area contributed by atoms with Crippen LogP contribution in [0.4, 0.5) is 0 Å². The molecule has 0 aliphatic rings. The predicted molar refractivity (Wildman–Crippen MR) is 63.0 cm³/mol. The molecule has 14 heavy (non-hydrogen) atoms. The Hall–Kier alpha value is 0.230. The van der Waals surface area contributed by atoms with Gasteiger partial charge in [0.2, 0.25) is 0 Å². The van der Waals surface area contributed by atoms with Gasteiger partial charge < -0.3 is 15.2 Å². The van der Waals surface area contributed by atoms with Gasteiger partial charge in [0.1, 0.15) is 0 Å². The first kappa shape index (κ1) is 14.2. The highest BCUT2D eigenvalue weighted by Gasteiger charge is 2.04. The van der Waals surface area contributed by atoms with Crippen LogP contribution in [0.15, 0.2) is 0 Å². The van der Waals surface area contributed by atoms with Crippen molar-refractivity contribution in [3.05, 3.63) is 0 Å². The molecular formula is C10H23NO2S. The SMILES string of the molecule is CCCNC(CO)CCSCCOC. The number of ether oxygens (including phenoxy) is 1. The number of thioether (sulfide) groups is 1. The predicted octanol–water partition coefficient (Wildman–Crippen LogP) is 1.12. The molecule has 0 aromatic heterocycles. The van der Waals surface area contributed by atoms with Crippen LogP contribution in [0.5, 0.6) is 0 Å². The summed E-state index contributed by atoms with van der Waals surface area (Å²) in [6.07, 6.45) is 2.15. The molecule has 0 aliphatic heterocycles. The lowest BCUT2D eigenvalue weighted by atomic mass is 10.2. The summed E-state index contributed by atoms with van der Waals surface area (Å²) in [6, 6.07) is 0.269. The second-order valence-corrected chi connectivity index (χ2v) is 4.45. The molecule has 0 fully saturated rings. The van der Waals surface area contributed by atoms with Crippen LogP contribution in [0.2, 0.25) is 0 Å². The van der Waals surface area contributed by atoms with Crippen LogP contribution in [-0.4, -0.2) is 49.5 Å². The summed E-state index contributed by atoms with van der Waals surface area (Å²) in [5, 5.41) is 12.4. The first-order valence-electron chi connectivity index (χ1n) is 5.26. The molecule has 0 saturated heterocycles. The standard InChI is InChI=1S/C10H23NO2S/c1-3-5-11-10(9-12)4-7-14-8-6-13-2/h10-12H,3-9H2,1-2H3. The Morgan fingerprint density at radius 1 is 1.43 bits per heavy atom. The summed E-state index contributed by atoms with van der Waals surface area (Å²) in [5.74, 6) is 2.13. The maximum absolute atomic E-state index is 9.06. The fraction of sp³-hybridized carbons (Fsp3) is 1.00. The second kappa shape index (κ2) is 11.3. The van der Waals surface area contributed by atoms with E-state index in [9.17, 15) is 0 Å². The van der Waals surface area contributed by atoms with Crippen molar-refractivity contribution >= 4 is 11.8 Å². The highest BCUT2D eigenvalue weighted by Crippen LogP contribution is 2.04.